The fourth-order valence-electron chi connectivity index (χ4n) is 2.83. The van der Waals surface area contributed by atoms with E-state index in [0.717, 1.165) is 23.7 Å². The number of fused-ring (bicyclic) bond motifs is 1. The molecule has 21 heavy (non-hydrogen) atoms. The number of hydrogen-bond acceptors (Lipinski definition) is 3. The monoisotopic (exact) mass is 286 g/mol. The number of rotatable bonds is 2. The normalized spacial score (nSPS) is 18.7. The Hall–Kier alpha value is -2.37. The van der Waals surface area contributed by atoms with Crippen LogP contribution >= 0.6 is 0 Å². The molecule has 3 rings (SSSR count). The van der Waals surface area contributed by atoms with Crippen LogP contribution in [0.3, 0.4) is 0 Å². The summed E-state index contributed by atoms with van der Waals surface area (Å²) in [6, 6.07) is 5.50. The van der Waals surface area contributed by atoms with Gasteiger partial charge in [0.25, 0.3) is 5.91 Å². The number of likely N-dealkylation sites (tertiary alicyclic amines) is 1. The minimum Gasteiger partial charge on any atom is -0.359 e. The van der Waals surface area contributed by atoms with Crippen molar-refractivity contribution in [2.24, 2.45) is 5.92 Å². The number of carbonyl (C=O) groups excluding carboxylic acids is 2. The second-order valence-electron chi connectivity index (χ2n) is 5.38. The van der Waals surface area contributed by atoms with Gasteiger partial charge in [0, 0.05) is 31.1 Å². The first kappa shape index (κ1) is 13.6. The third-order valence-electron chi connectivity index (χ3n) is 4.01. The van der Waals surface area contributed by atoms with Crippen molar-refractivity contribution in [3.63, 3.8) is 0 Å². The van der Waals surface area contributed by atoms with Gasteiger partial charge >= 0.3 is 0 Å². The first-order valence-corrected chi connectivity index (χ1v) is 7.13. The van der Waals surface area contributed by atoms with E-state index in [1.54, 1.807) is 18.1 Å². The van der Waals surface area contributed by atoms with Crippen LogP contribution in [0.15, 0.2) is 24.4 Å². The minimum atomic E-state index is -0.108. The zero-order valence-corrected chi connectivity index (χ0v) is 11.9. The summed E-state index contributed by atoms with van der Waals surface area (Å²) < 4.78 is 0. The van der Waals surface area contributed by atoms with Crippen molar-refractivity contribution in [3.8, 4) is 0 Å². The van der Waals surface area contributed by atoms with Crippen molar-refractivity contribution < 1.29 is 9.59 Å². The van der Waals surface area contributed by atoms with Gasteiger partial charge in [-0.1, -0.05) is 6.07 Å². The van der Waals surface area contributed by atoms with Crippen LogP contribution in [0.5, 0.6) is 0 Å². The predicted octanol–water partition coefficient (Wildman–Crippen LogP) is 1.16. The number of H-pyrrole nitrogens is 1. The molecular weight excluding hydrogens is 268 g/mol. The van der Waals surface area contributed by atoms with Gasteiger partial charge in [0.2, 0.25) is 5.91 Å². The summed E-state index contributed by atoms with van der Waals surface area (Å²) in [6.45, 7) is 1.19. The molecule has 1 atom stereocenters. The van der Waals surface area contributed by atoms with Crippen molar-refractivity contribution in [2.75, 3.05) is 20.1 Å². The van der Waals surface area contributed by atoms with Gasteiger partial charge in [0.15, 0.2) is 0 Å². The van der Waals surface area contributed by atoms with Gasteiger partial charge in [0.1, 0.15) is 0 Å². The number of aromatic amines is 1. The smallest absolute Gasteiger partial charge is 0.253 e. The summed E-state index contributed by atoms with van der Waals surface area (Å²) in [4.78, 5) is 26.1. The predicted molar refractivity (Wildman–Crippen MR) is 78.8 cm³/mol. The molecule has 2 N–H and O–H groups in total. The van der Waals surface area contributed by atoms with E-state index in [4.69, 9.17) is 0 Å². The summed E-state index contributed by atoms with van der Waals surface area (Å²) >= 11 is 0. The Kier molecular flexibility index (Phi) is 3.60. The SMILES string of the molecule is CNC(=O)C1CCCN(C(=O)c2ccc3cn[nH]c3c2)C1. The summed E-state index contributed by atoms with van der Waals surface area (Å²) in [5.41, 5.74) is 1.48. The summed E-state index contributed by atoms with van der Waals surface area (Å²) in [5, 5.41) is 10.5. The standard InChI is InChI=1S/C15H18N4O2/c1-16-14(20)12-3-2-6-19(9-12)15(21)10-4-5-11-8-17-18-13(11)7-10/h4-5,7-8,12H,2-3,6,9H2,1H3,(H,16,20)(H,17,18). The number of nitrogens with zero attached hydrogens (tertiary/aromatic N) is 2. The van der Waals surface area contributed by atoms with Crippen molar-refractivity contribution in [2.45, 2.75) is 12.8 Å². The van der Waals surface area contributed by atoms with E-state index in [-0.39, 0.29) is 17.7 Å². The lowest BCUT2D eigenvalue weighted by atomic mass is 9.96. The summed E-state index contributed by atoms with van der Waals surface area (Å²) in [6.07, 6.45) is 3.42. The number of amides is 2. The first-order chi connectivity index (χ1) is 10.2. The molecule has 6 heteroatoms. The van der Waals surface area contributed by atoms with Crippen LogP contribution in [0.2, 0.25) is 0 Å². The molecule has 0 radical (unpaired) electrons. The quantitative estimate of drug-likeness (QED) is 0.869. The summed E-state index contributed by atoms with van der Waals surface area (Å²) in [7, 11) is 1.63. The van der Waals surface area contributed by atoms with E-state index >= 15 is 0 Å². The van der Waals surface area contributed by atoms with Gasteiger partial charge < -0.3 is 10.2 Å². The third kappa shape index (κ3) is 2.61. The molecule has 1 aromatic heterocycles. The Bertz CT molecular complexity index is 679. The van der Waals surface area contributed by atoms with Crippen molar-refractivity contribution >= 4 is 22.7 Å². The van der Waals surface area contributed by atoms with E-state index in [2.05, 4.69) is 15.5 Å². The number of piperidine rings is 1. The maximum absolute atomic E-state index is 12.6. The number of carbonyl (C=O) groups is 2. The second kappa shape index (κ2) is 5.55. The fourth-order valence-corrected chi connectivity index (χ4v) is 2.83. The molecule has 0 aliphatic carbocycles. The molecule has 110 valence electrons. The van der Waals surface area contributed by atoms with E-state index < -0.39 is 0 Å². The maximum atomic E-state index is 12.6. The lowest BCUT2D eigenvalue weighted by Crippen LogP contribution is -2.44. The molecule has 0 saturated carbocycles. The lowest BCUT2D eigenvalue weighted by Gasteiger charge is -2.31. The Morgan fingerprint density at radius 2 is 2.29 bits per heavy atom. The van der Waals surface area contributed by atoms with Crippen LogP contribution in [-0.4, -0.2) is 47.0 Å². The van der Waals surface area contributed by atoms with Gasteiger partial charge in [-0.3, -0.25) is 14.7 Å². The minimum absolute atomic E-state index is 0.0107. The third-order valence-corrected chi connectivity index (χ3v) is 4.01. The van der Waals surface area contributed by atoms with Gasteiger partial charge in [-0.05, 0) is 25.0 Å². The first-order valence-electron chi connectivity index (χ1n) is 7.13. The molecule has 0 spiro atoms. The van der Waals surface area contributed by atoms with Crippen LogP contribution in [0.1, 0.15) is 23.2 Å². The topological polar surface area (TPSA) is 78.1 Å². The number of hydrogen-bond donors (Lipinski definition) is 2. The van der Waals surface area contributed by atoms with Crippen LogP contribution < -0.4 is 5.32 Å². The average Bonchev–Trinajstić information content (AvgIpc) is 3.01. The molecule has 1 aromatic carbocycles. The van der Waals surface area contributed by atoms with E-state index in [1.807, 2.05) is 18.2 Å². The molecule has 1 fully saturated rings. The highest BCUT2D eigenvalue weighted by atomic mass is 16.2. The molecule has 2 amide bonds. The Labute approximate surface area is 122 Å². The van der Waals surface area contributed by atoms with Crippen LogP contribution in [0, 0.1) is 5.92 Å². The van der Waals surface area contributed by atoms with E-state index in [1.165, 1.54) is 0 Å². The van der Waals surface area contributed by atoms with Gasteiger partial charge in [-0.2, -0.15) is 5.10 Å². The van der Waals surface area contributed by atoms with Crippen molar-refractivity contribution in [1.29, 1.82) is 0 Å². The number of aromatic nitrogens is 2. The molecule has 1 saturated heterocycles. The van der Waals surface area contributed by atoms with Crippen LogP contribution in [0.4, 0.5) is 0 Å². The molecule has 1 unspecified atom stereocenters. The van der Waals surface area contributed by atoms with Gasteiger partial charge in [0.05, 0.1) is 17.6 Å². The molecule has 1 aliphatic rings. The van der Waals surface area contributed by atoms with Crippen molar-refractivity contribution in [3.05, 3.63) is 30.0 Å². The zero-order chi connectivity index (χ0) is 14.8. The highest BCUT2D eigenvalue weighted by Gasteiger charge is 2.28. The fraction of sp³-hybridized carbons (Fsp3) is 0.400. The molecule has 6 nitrogen and oxygen atoms in total. The Balaban J connectivity index is 1.78. The second-order valence-corrected chi connectivity index (χ2v) is 5.38. The van der Waals surface area contributed by atoms with E-state index in [0.29, 0.717) is 18.7 Å². The lowest BCUT2D eigenvalue weighted by molar-refractivity contribution is -0.125. The molecular formula is C15H18N4O2. The van der Waals surface area contributed by atoms with Crippen LogP contribution in [0.25, 0.3) is 10.9 Å². The van der Waals surface area contributed by atoms with Gasteiger partial charge in [-0.25, -0.2) is 0 Å². The molecule has 2 heterocycles. The van der Waals surface area contributed by atoms with Crippen LogP contribution in [-0.2, 0) is 4.79 Å². The van der Waals surface area contributed by atoms with Gasteiger partial charge in [-0.15, -0.1) is 0 Å². The zero-order valence-electron chi connectivity index (χ0n) is 11.9. The van der Waals surface area contributed by atoms with Crippen molar-refractivity contribution in [1.82, 2.24) is 20.4 Å². The molecule has 1 aliphatic heterocycles. The summed E-state index contributed by atoms with van der Waals surface area (Å²) in [5.74, 6) is -0.125. The maximum Gasteiger partial charge on any atom is 0.253 e. The molecule has 2 aromatic rings. The highest BCUT2D eigenvalue weighted by Crippen LogP contribution is 2.20. The molecule has 0 bridgehead atoms. The largest absolute Gasteiger partial charge is 0.359 e. The average molecular weight is 286 g/mol. The van der Waals surface area contributed by atoms with E-state index in [9.17, 15) is 9.59 Å². The number of nitrogens with one attached hydrogen (secondary N) is 2. The Morgan fingerprint density at radius 1 is 1.43 bits per heavy atom. The highest BCUT2D eigenvalue weighted by molar-refractivity contribution is 5.98. The number of benzene rings is 1. The Morgan fingerprint density at radius 3 is 3.10 bits per heavy atom.